The molecule has 1 fully saturated rings. The molecule has 1 aliphatic rings. The lowest BCUT2D eigenvalue weighted by Gasteiger charge is -2.17. The number of ether oxygens (including phenoxy) is 1. The van der Waals surface area contributed by atoms with Gasteiger partial charge in [0.1, 0.15) is 5.75 Å². The maximum atomic E-state index is 12.4. The summed E-state index contributed by atoms with van der Waals surface area (Å²) in [6, 6.07) is 14.6. The minimum atomic E-state index is -0.388. The van der Waals surface area contributed by atoms with E-state index in [2.05, 4.69) is 17.6 Å². The highest BCUT2D eigenvalue weighted by atomic mass is 16.5. The van der Waals surface area contributed by atoms with Gasteiger partial charge in [-0.25, -0.2) is 0 Å². The van der Waals surface area contributed by atoms with Gasteiger partial charge in [-0.3, -0.25) is 14.4 Å². The van der Waals surface area contributed by atoms with Crippen molar-refractivity contribution in [3.63, 3.8) is 0 Å². The van der Waals surface area contributed by atoms with E-state index in [1.165, 1.54) is 5.56 Å². The van der Waals surface area contributed by atoms with Gasteiger partial charge in [0, 0.05) is 37.3 Å². The molecule has 1 aliphatic heterocycles. The quantitative estimate of drug-likeness (QED) is 0.654. The van der Waals surface area contributed by atoms with E-state index in [4.69, 9.17) is 4.74 Å². The Morgan fingerprint density at radius 3 is 2.33 bits per heavy atom. The number of hydrogen-bond donors (Lipinski definition) is 2. The van der Waals surface area contributed by atoms with E-state index in [9.17, 15) is 14.4 Å². The predicted molar refractivity (Wildman–Crippen MR) is 115 cm³/mol. The molecule has 1 unspecified atom stereocenters. The van der Waals surface area contributed by atoms with Crippen molar-refractivity contribution >= 4 is 23.4 Å². The van der Waals surface area contributed by atoms with E-state index >= 15 is 0 Å². The molecule has 30 heavy (non-hydrogen) atoms. The topological polar surface area (TPSA) is 87.7 Å². The van der Waals surface area contributed by atoms with Crippen molar-refractivity contribution < 1.29 is 19.1 Å². The molecule has 0 spiro atoms. The molecule has 3 rings (SSSR count). The number of methoxy groups -OCH3 is 1. The summed E-state index contributed by atoms with van der Waals surface area (Å²) in [6.07, 6.45) is 1.13. The molecule has 0 radical (unpaired) electrons. The van der Waals surface area contributed by atoms with Gasteiger partial charge in [-0.15, -0.1) is 0 Å². The van der Waals surface area contributed by atoms with Gasteiger partial charge in [-0.05, 0) is 48.4 Å². The second-order valence-corrected chi connectivity index (χ2v) is 7.20. The van der Waals surface area contributed by atoms with Gasteiger partial charge in [0.15, 0.2) is 0 Å². The first-order chi connectivity index (χ1) is 14.5. The third kappa shape index (κ3) is 5.17. The fourth-order valence-electron chi connectivity index (χ4n) is 3.39. The number of carbonyl (C=O) groups is 3. The third-order valence-electron chi connectivity index (χ3n) is 5.21. The first-order valence-corrected chi connectivity index (χ1v) is 10.1. The maximum absolute atomic E-state index is 12.4. The van der Waals surface area contributed by atoms with E-state index in [0.29, 0.717) is 30.9 Å². The fraction of sp³-hybridized carbons (Fsp3) is 0.348. The number of rotatable bonds is 8. The van der Waals surface area contributed by atoms with E-state index in [1.807, 2.05) is 24.3 Å². The molecule has 158 valence electrons. The largest absolute Gasteiger partial charge is 0.497 e. The van der Waals surface area contributed by atoms with Gasteiger partial charge in [0.2, 0.25) is 11.8 Å². The summed E-state index contributed by atoms with van der Waals surface area (Å²) in [4.78, 5) is 38.6. The smallest absolute Gasteiger partial charge is 0.251 e. The number of carbonyl (C=O) groups excluding carboxylic acids is 3. The van der Waals surface area contributed by atoms with Gasteiger partial charge in [-0.2, -0.15) is 0 Å². The first kappa shape index (κ1) is 21.4. The summed E-state index contributed by atoms with van der Waals surface area (Å²) in [5.41, 5.74) is 2.55. The molecule has 1 saturated heterocycles. The van der Waals surface area contributed by atoms with E-state index < -0.39 is 0 Å². The highest BCUT2D eigenvalue weighted by Crippen LogP contribution is 2.25. The summed E-state index contributed by atoms with van der Waals surface area (Å²) >= 11 is 0. The number of hydrogen-bond acceptors (Lipinski definition) is 4. The normalized spacial score (nSPS) is 15.7. The molecule has 7 heteroatoms. The molecule has 2 N–H and O–H groups in total. The monoisotopic (exact) mass is 409 g/mol. The Hall–Kier alpha value is -3.35. The van der Waals surface area contributed by atoms with E-state index in [-0.39, 0.29) is 30.1 Å². The second-order valence-electron chi connectivity index (χ2n) is 7.20. The molecular weight excluding hydrogens is 382 g/mol. The molecule has 0 bridgehead atoms. The van der Waals surface area contributed by atoms with Crippen molar-refractivity contribution in [3.05, 3.63) is 59.7 Å². The zero-order valence-corrected chi connectivity index (χ0v) is 17.3. The molecule has 1 atom stereocenters. The number of amides is 3. The van der Waals surface area contributed by atoms with Crippen molar-refractivity contribution in [1.82, 2.24) is 10.6 Å². The molecule has 2 aromatic rings. The molecule has 7 nitrogen and oxygen atoms in total. The van der Waals surface area contributed by atoms with Crippen LogP contribution in [0.3, 0.4) is 0 Å². The van der Waals surface area contributed by atoms with Gasteiger partial charge >= 0.3 is 0 Å². The Kier molecular flexibility index (Phi) is 7.06. The zero-order valence-electron chi connectivity index (χ0n) is 17.3. The SMILES string of the molecule is CCc1ccc(N2CC(C(=O)NCCNC(=O)c3ccc(OC)cc3)CC2=O)cc1. The van der Waals surface area contributed by atoms with Crippen LogP contribution < -0.4 is 20.3 Å². The Labute approximate surface area is 176 Å². The van der Waals surface area contributed by atoms with Crippen molar-refractivity contribution in [1.29, 1.82) is 0 Å². The average Bonchev–Trinajstić information content (AvgIpc) is 3.18. The van der Waals surface area contributed by atoms with Crippen LogP contribution in [0, 0.1) is 5.92 Å². The number of benzene rings is 2. The Bertz CT molecular complexity index is 894. The average molecular weight is 409 g/mol. The van der Waals surface area contributed by atoms with Crippen molar-refractivity contribution in [3.8, 4) is 5.75 Å². The van der Waals surface area contributed by atoms with Crippen molar-refractivity contribution in [2.75, 3.05) is 31.6 Å². The molecule has 1 heterocycles. The number of aryl methyl sites for hydroxylation is 1. The van der Waals surface area contributed by atoms with Gasteiger partial charge in [0.25, 0.3) is 5.91 Å². The van der Waals surface area contributed by atoms with Crippen molar-refractivity contribution in [2.45, 2.75) is 19.8 Å². The van der Waals surface area contributed by atoms with Crippen LogP contribution in [0.4, 0.5) is 5.69 Å². The van der Waals surface area contributed by atoms with Gasteiger partial charge in [0.05, 0.1) is 13.0 Å². The van der Waals surface area contributed by atoms with E-state index in [0.717, 1.165) is 12.1 Å². The second kappa shape index (κ2) is 9.91. The lowest BCUT2D eigenvalue weighted by atomic mass is 10.1. The highest BCUT2D eigenvalue weighted by molar-refractivity contribution is 6.00. The summed E-state index contributed by atoms with van der Waals surface area (Å²) in [5, 5.41) is 5.57. The van der Waals surface area contributed by atoms with Crippen LogP contribution in [-0.2, 0) is 16.0 Å². The predicted octanol–water partition coefficient (Wildman–Crippen LogP) is 2.16. The Morgan fingerprint density at radius 2 is 1.70 bits per heavy atom. The minimum absolute atomic E-state index is 0.0489. The van der Waals surface area contributed by atoms with E-state index in [1.54, 1.807) is 36.3 Å². The third-order valence-corrected chi connectivity index (χ3v) is 5.21. The molecular formula is C23H27N3O4. The summed E-state index contributed by atoms with van der Waals surface area (Å²) in [6.45, 7) is 3.06. The van der Waals surface area contributed by atoms with Crippen LogP contribution >= 0.6 is 0 Å². The summed E-state index contributed by atoms with van der Waals surface area (Å²) in [7, 11) is 1.57. The Balaban J connectivity index is 1.43. The van der Waals surface area contributed by atoms with Crippen LogP contribution in [-0.4, -0.2) is 44.5 Å². The summed E-state index contributed by atoms with van der Waals surface area (Å²) < 4.78 is 5.07. The van der Waals surface area contributed by atoms with Crippen molar-refractivity contribution in [2.24, 2.45) is 5.92 Å². The maximum Gasteiger partial charge on any atom is 0.251 e. The molecule has 0 aliphatic carbocycles. The van der Waals surface area contributed by atoms with Crippen LogP contribution in [0.2, 0.25) is 0 Å². The van der Waals surface area contributed by atoms with Crippen LogP contribution in [0.25, 0.3) is 0 Å². The van der Waals surface area contributed by atoms with Gasteiger partial charge < -0.3 is 20.3 Å². The zero-order chi connectivity index (χ0) is 21.5. The highest BCUT2D eigenvalue weighted by Gasteiger charge is 2.34. The first-order valence-electron chi connectivity index (χ1n) is 10.1. The molecule has 3 amide bonds. The summed E-state index contributed by atoms with van der Waals surface area (Å²) in [5.74, 6) is -0.146. The lowest BCUT2D eigenvalue weighted by molar-refractivity contribution is -0.126. The number of anilines is 1. The fourth-order valence-corrected chi connectivity index (χ4v) is 3.39. The molecule has 0 saturated carbocycles. The lowest BCUT2D eigenvalue weighted by Crippen LogP contribution is -2.38. The Morgan fingerprint density at radius 1 is 1.03 bits per heavy atom. The molecule has 0 aromatic heterocycles. The van der Waals surface area contributed by atoms with Crippen LogP contribution in [0.15, 0.2) is 48.5 Å². The number of nitrogens with zero attached hydrogens (tertiary/aromatic N) is 1. The minimum Gasteiger partial charge on any atom is -0.497 e. The standard InChI is InChI=1S/C23H27N3O4/c1-3-16-4-8-19(9-5-16)26-15-18(14-21(26)27)23(29)25-13-12-24-22(28)17-6-10-20(30-2)11-7-17/h4-11,18H,3,12-15H2,1-2H3,(H,24,28)(H,25,29). The number of nitrogens with one attached hydrogen (secondary N) is 2. The van der Waals surface area contributed by atoms with Crippen LogP contribution in [0.5, 0.6) is 5.75 Å². The molecule has 2 aromatic carbocycles. The van der Waals surface area contributed by atoms with Gasteiger partial charge in [-0.1, -0.05) is 19.1 Å². The van der Waals surface area contributed by atoms with Crippen LogP contribution in [0.1, 0.15) is 29.3 Å².